The van der Waals surface area contributed by atoms with Crippen molar-refractivity contribution in [2.75, 3.05) is 45.6 Å². The van der Waals surface area contributed by atoms with Gasteiger partial charge in [-0.25, -0.2) is 0 Å². The Hall–Kier alpha value is 0.230. The van der Waals surface area contributed by atoms with E-state index in [0.29, 0.717) is 11.5 Å². The fourth-order valence-electron chi connectivity index (χ4n) is 3.22. The molecule has 0 aromatic carbocycles. The second-order valence-corrected chi connectivity index (χ2v) is 7.41. The molecule has 2 rings (SSSR count). The van der Waals surface area contributed by atoms with Crippen LogP contribution in [-0.4, -0.2) is 61.8 Å². The lowest BCUT2D eigenvalue weighted by atomic mass is 9.79. The first-order valence-electron chi connectivity index (χ1n) is 7.25. The van der Waals surface area contributed by atoms with Crippen molar-refractivity contribution in [3.63, 3.8) is 0 Å². The predicted octanol–water partition coefficient (Wildman–Crippen LogP) is 1.83. The molecule has 2 aliphatic heterocycles. The van der Waals surface area contributed by atoms with Gasteiger partial charge in [-0.05, 0) is 32.2 Å². The summed E-state index contributed by atoms with van der Waals surface area (Å²) in [6.07, 6.45) is 2.41. The van der Waals surface area contributed by atoms with E-state index in [1.165, 1.54) is 31.7 Å². The first-order chi connectivity index (χ1) is 8.67. The highest BCUT2D eigenvalue weighted by molar-refractivity contribution is 8.00. The first-order valence-corrected chi connectivity index (χ1v) is 8.30. The Bertz CT molecular complexity index is 251. The molecular weight excluding hydrogens is 244 g/mol. The lowest BCUT2D eigenvalue weighted by Crippen LogP contribution is -2.53. The number of hydrogen-bond donors (Lipinski definition) is 1. The predicted molar refractivity (Wildman–Crippen MR) is 79.4 cm³/mol. The Labute approximate surface area is 116 Å². The minimum absolute atomic E-state index is 0.434. The number of nitrogens with one attached hydrogen (secondary N) is 1. The summed E-state index contributed by atoms with van der Waals surface area (Å²) >= 11 is 2.12. The van der Waals surface area contributed by atoms with Gasteiger partial charge in [-0.3, -0.25) is 4.90 Å². The van der Waals surface area contributed by atoms with Gasteiger partial charge in [-0.2, -0.15) is 11.8 Å². The average molecular weight is 272 g/mol. The maximum Gasteiger partial charge on any atom is 0.0472 e. The minimum Gasteiger partial charge on any atom is -0.381 e. The smallest absolute Gasteiger partial charge is 0.0472 e. The van der Waals surface area contributed by atoms with E-state index in [2.05, 4.69) is 42.9 Å². The lowest BCUT2D eigenvalue weighted by molar-refractivity contribution is -0.00921. The molecule has 0 saturated carbocycles. The van der Waals surface area contributed by atoms with Crippen LogP contribution in [0.1, 0.15) is 26.7 Å². The van der Waals surface area contributed by atoms with Gasteiger partial charge in [0.1, 0.15) is 0 Å². The van der Waals surface area contributed by atoms with Crippen molar-refractivity contribution >= 4 is 11.8 Å². The van der Waals surface area contributed by atoms with Crippen molar-refractivity contribution in [3.05, 3.63) is 0 Å². The fourth-order valence-corrected chi connectivity index (χ4v) is 4.38. The Morgan fingerprint density at radius 3 is 2.72 bits per heavy atom. The molecule has 0 aromatic heterocycles. The second-order valence-electron chi connectivity index (χ2n) is 5.93. The van der Waals surface area contributed by atoms with Gasteiger partial charge < -0.3 is 10.1 Å². The van der Waals surface area contributed by atoms with Crippen LogP contribution in [0.4, 0.5) is 0 Å². The van der Waals surface area contributed by atoms with Crippen LogP contribution >= 0.6 is 11.8 Å². The number of thioether (sulfide) groups is 1. The highest BCUT2D eigenvalue weighted by Crippen LogP contribution is 2.34. The third-order valence-electron chi connectivity index (χ3n) is 4.66. The van der Waals surface area contributed by atoms with E-state index in [1.807, 2.05) is 0 Å². The number of rotatable bonds is 4. The molecule has 0 spiro atoms. The summed E-state index contributed by atoms with van der Waals surface area (Å²) in [6.45, 7) is 10.3. The summed E-state index contributed by atoms with van der Waals surface area (Å²) in [5, 5.41) is 4.18. The van der Waals surface area contributed by atoms with Crippen molar-refractivity contribution in [1.29, 1.82) is 0 Å². The van der Waals surface area contributed by atoms with Crippen LogP contribution in [-0.2, 0) is 4.74 Å². The summed E-state index contributed by atoms with van der Waals surface area (Å²) < 4.78 is 5.56. The van der Waals surface area contributed by atoms with Gasteiger partial charge in [0.25, 0.3) is 0 Å². The molecule has 0 bridgehead atoms. The zero-order valence-corrected chi connectivity index (χ0v) is 12.9. The molecule has 4 heteroatoms. The van der Waals surface area contributed by atoms with Crippen molar-refractivity contribution in [3.8, 4) is 0 Å². The molecule has 0 radical (unpaired) electrons. The Morgan fingerprint density at radius 1 is 1.33 bits per heavy atom. The van der Waals surface area contributed by atoms with Gasteiger partial charge in [0.15, 0.2) is 0 Å². The van der Waals surface area contributed by atoms with Crippen LogP contribution < -0.4 is 5.32 Å². The van der Waals surface area contributed by atoms with Crippen molar-refractivity contribution in [2.24, 2.45) is 5.41 Å². The van der Waals surface area contributed by atoms with E-state index >= 15 is 0 Å². The van der Waals surface area contributed by atoms with Gasteiger partial charge in [-0.1, -0.05) is 6.92 Å². The van der Waals surface area contributed by atoms with Crippen LogP contribution in [0.5, 0.6) is 0 Å². The van der Waals surface area contributed by atoms with E-state index in [4.69, 9.17) is 4.74 Å². The third-order valence-corrected chi connectivity index (χ3v) is 6.00. The Balaban J connectivity index is 1.99. The van der Waals surface area contributed by atoms with Gasteiger partial charge in [-0.15, -0.1) is 0 Å². The van der Waals surface area contributed by atoms with E-state index in [1.54, 1.807) is 0 Å². The molecule has 2 heterocycles. The van der Waals surface area contributed by atoms with E-state index in [-0.39, 0.29) is 0 Å². The van der Waals surface area contributed by atoms with Crippen LogP contribution in [0.25, 0.3) is 0 Å². The van der Waals surface area contributed by atoms with Crippen LogP contribution in [0, 0.1) is 5.41 Å². The number of ether oxygens (including phenoxy) is 1. The zero-order chi connectivity index (χ0) is 13.0. The maximum atomic E-state index is 5.56. The molecule has 2 atom stereocenters. The van der Waals surface area contributed by atoms with Crippen LogP contribution in [0.2, 0.25) is 0 Å². The van der Waals surface area contributed by atoms with Crippen LogP contribution in [0.15, 0.2) is 0 Å². The van der Waals surface area contributed by atoms with Crippen molar-refractivity contribution < 1.29 is 4.74 Å². The van der Waals surface area contributed by atoms with Crippen molar-refractivity contribution in [1.82, 2.24) is 10.2 Å². The second kappa shape index (κ2) is 6.60. The minimum atomic E-state index is 0.434. The highest BCUT2D eigenvalue weighted by Gasteiger charge is 2.36. The zero-order valence-electron chi connectivity index (χ0n) is 12.1. The van der Waals surface area contributed by atoms with E-state index in [0.717, 1.165) is 25.0 Å². The fraction of sp³-hybridized carbons (Fsp3) is 1.00. The molecule has 18 heavy (non-hydrogen) atoms. The first kappa shape index (κ1) is 14.6. The molecule has 2 fully saturated rings. The van der Waals surface area contributed by atoms with Gasteiger partial charge in [0, 0.05) is 49.9 Å². The molecule has 0 amide bonds. The Morgan fingerprint density at radius 2 is 2.06 bits per heavy atom. The standard InChI is InChI=1S/C14H28N2OS/c1-12-13(2)18-9-6-16(12)11-14(10-15-3)4-7-17-8-5-14/h12-13,15H,4-11H2,1-3H3. The van der Waals surface area contributed by atoms with E-state index in [9.17, 15) is 0 Å². The lowest BCUT2D eigenvalue weighted by Gasteiger charge is -2.46. The molecule has 3 nitrogen and oxygen atoms in total. The SMILES string of the molecule is CNCC1(CN2CCSC(C)C2C)CCOCC1. The molecule has 2 saturated heterocycles. The van der Waals surface area contributed by atoms with Crippen molar-refractivity contribution in [2.45, 2.75) is 38.0 Å². The normalized spacial score (nSPS) is 33.5. The molecule has 1 N–H and O–H groups in total. The molecule has 0 aromatic rings. The average Bonchev–Trinajstić information content (AvgIpc) is 2.36. The third kappa shape index (κ3) is 3.41. The number of nitrogens with zero attached hydrogens (tertiary/aromatic N) is 1. The topological polar surface area (TPSA) is 24.5 Å². The monoisotopic (exact) mass is 272 g/mol. The van der Waals surface area contributed by atoms with Gasteiger partial charge in [0.2, 0.25) is 0 Å². The number of hydrogen-bond acceptors (Lipinski definition) is 4. The van der Waals surface area contributed by atoms with E-state index < -0.39 is 0 Å². The largest absolute Gasteiger partial charge is 0.381 e. The molecule has 0 aliphatic carbocycles. The van der Waals surface area contributed by atoms with Crippen LogP contribution in [0.3, 0.4) is 0 Å². The summed E-state index contributed by atoms with van der Waals surface area (Å²) in [4.78, 5) is 2.71. The quantitative estimate of drug-likeness (QED) is 0.844. The molecule has 106 valence electrons. The van der Waals surface area contributed by atoms with Gasteiger partial charge >= 0.3 is 0 Å². The molecule has 2 unspecified atom stereocenters. The Kier molecular flexibility index (Phi) is 5.36. The summed E-state index contributed by atoms with van der Waals surface area (Å²) in [5.74, 6) is 1.29. The molecular formula is C14H28N2OS. The summed E-state index contributed by atoms with van der Waals surface area (Å²) in [7, 11) is 2.08. The maximum absolute atomic E-state index is 5.56. The highest BCUT2D eigenvalue weighted by atomic mass is 32.2. The molecule has 2 aliphatic rings. The summed E-state index contributed by atoms with van der Waals surface area (Å²) in [6, 6.07) is 0.709. The van der Waals surface area contributed by atoms with Gasteiger partial charge in [0.05, 0.1) is 0 Å². The summed E-state index contributed by atoms with van der Waals surface area (Å²) in [5.41, 5.74) is 0.434.